The first-order chi connectivity index (χ1) is 24.4. The number of ether oxygens (including phenoxy) is 4. The summed E-state index contributed by atoms with van der Waals surface area (Å²) in [6.07, 6.45) is -4.55. The third-order valence-corrected chi connectivity index (χ3v) is 8.14. The number of nitrogens with one attached hydrogen (secondary N) is 1. The molecule has 2 aromatic rings. The minimum atomic E-state index is -1.93. The van der Waals surface area contributed by atoms with Crippen LogP contribution >= 0.6 is 0 Å². The van der Waals surface area contributed by atoms with Crippen molar-refractivity contribution in [3.05, 3.63) is 59.2 Å². The largest absolute Gasteiger partial charge is 0.443 e. The Morgan fingerprint density at radius 1 is 1.04 bits per heavy atom. The number of imide groups is 1. The lowest BCUT2D eigenvalue weighted by Gasteiger charge is -2.34. The highest BCUT2D eigenvalue weighted by Gasteiger charge is 2.40. The van der Waals surface area contributed by atoms with Crippen LogP contribution in [0.5, 0.6) is 0 Å². The summed E-state index contributed by atoms with van der Waals surface area (Å²) in [4.78, 5) is 69.7. The van der Waals surface area contributed by atoms with E-state index in [1.54, 1.807) is 77.8 Å². The Kier molecular flexibility index (Phi) is 12.6. The van der Waals surface area contributed by atoms with E-state index in [4.69, 9.17) is 18.9 Å². The van der Waals surface area contributed by atoms with E-state index in [9.17, 15) is 34.3 Å². The Morgan fingerprint density at radius 2 is 1.71 bits per heavy atom. The third-order valence-electron chi connectivity index (χ3n) is 8.14. The smallest absolute Gasteiger partial charge is 0.420 e. The maximum atomic E-state index is 13.6. The average molecular weight is 722 g/mol. The molecule has 0 aromatic heterocycles. The summed E-state index contributed by atoms with van der Waals surface area (Å²) in [5.41, 5.74) is -0.322. The number of amides is 5. The average Bonchev–Trinajstić information content (AvgIpc) is 3.55. The molecule has 0 aliphatic carbocycles. The molecular formula is C37H47N5O10. The van der Waals surface area contributed by atoms with Crippen molar-refractivity contribution in [3.63, 3.8) is 0 Å². The second-order valence-electron chi connectivity index (χ2n) is 14.6. The van der Waals surface area contributed by atoms with Gasteiger partial charge in [0, 0.05) is 38.1 Å². The molecule has 280 valence electrons. The highest BCUT2D eigenvalue weighted by atomic mass is 16.6. The van der Waals surface area contributed by atoms with Gasteiger partial charge in [-0.3, -0.25) is 14.4 Å². The summed E-state index contributed by atoms with van der Waals surface area (Å²) in [5, 5.41) is 23.3. The second-order valence-corrected chi connectivity index (χ2v) is 14.6. The number of carbonyl (C=O) groups excluding carboxylic acids is 5. The fourth-order valence-corrected chi connectivity index (χ4v) is 5.63. The molecule has 0 bridgehead atoms. The standard InChI is InChI=1S/C37H47N5O10/c1-36(2,3)51-34(47)42(35(48)52-37(4,5)6)21-25-19-26(12-11-24(25)20-38)39-32(45)30(44)31-33(46)41(15-16-50-31)27-10-8-9-23(17-27)18-29(43)40-14-13-28(22-40)49-7/h8-12,17,19,28,30-31,44H,13-16,18,21-22H2,1-7H3,(H,39,45). The van der Waals surface area contributed by atoms with Crippen LogP contribution in [-0.2, 0) is 46.3 Å². The van der Waals surface area contributed by atoms with Crippen LogP contribution in [0.3, 0.4) is 0 Å². The highest BCUT2D eigenvalue weighted by Crippen LogP contribution is 2.25. The summed E-state index contributed by atoms with van der Waals surface area (Å²) in [7, 11) is 1.62. The Labute approximate surface area is 303 Å². The molecule has 2 fully saturated rings. The van der Waals surface area contributed by atoms with Crippen LogP contribution in [0.4, 0.5) is 21.0 Å². The van der Waals surface area contributed by atoms with Crippen LogP contribution in [0.15, 0.2) is 42.5 Å². The van der Waals surface area contributed by atoms with Crippen molar-refractivity contribution in [2.75, 3.05) is 43.6 Å². The van der Waals surface area contributed by atoms with Gasteiger partial charge in [0.1, 0.15) is 11.2 Å². The van der Waals surface area contributed by atoms with Crippen LogP contribution in [0, 0.1) is 11.3 Å². The molecule has 0 radical (unpaired) electrons. The summed E-state index contributed by atoms with van der Waals surface area (Å²) >= 11 is 0. The van der Waals surface area contributed by atoms with Crippen molar-refractivity contribution in [1.82, 2.24) is 9.80 Å². The Morgan fingerprint density at radius 3 is 2.31 bits per heavy atom. The van der Waals surface area contributed by atoms with E-state index < -0.39 is 54.0 Å². The molecule has 0 spiro atoms. The zero-order valence-electron chi connectivity index (χ0n) is 30.6. The van der Waals surface area contributed by atoms with Crippen LogP contribution in [0.1, 0.15) is 64.7 Å². The molecule has 52 heavy (non-hydrogen) atoms. The van der Waals surface area contributed by atoms with Gasteiger partial charge in [-0.2, -0.15) is 5.26 Å². The van der Waals surface area contributed by atoms with Crippen molar-refractivity contribution >= 4 is 41.3 Å². The number of anilines is 2. The van der Waals surface area contributed by atoms with Gasteiger partial charge in [-0.25, -0.2) is 14.5 Å². The highest BCUT2D eigenvalue weighted by molar-refractivity contribution is 6.04. The number of morpholine rings is 1. The van der Waals surface area contributed by atoms with Crippen LogP contribution in [-0.4, -0.2) is 108 Å². The molecule has 2 aliphatic heterocycles. The number of hydrogen-bond acceptors (Lipinski definition) is 11. The van der Waals surface area contributed by atoms with Gasteiger partial charge in [0.05, 0.1) is 37.3 Å². The quantitative estimate of drug-likeness (QED) is 0.384. The third kappa shape index (κ3) is 10.5. The van der Waals surface area contributed by atoms with Crippen LogP contribution in [0.2, 0.25) is 0 Å². The van der Waals surface area contributed by atoms with E-state index in [0.717, 1.165) is 6.42 Å². The molecule has 2 heterocycles. The normalized spacial score (nSPS) is 18.3. The monoisotopic (exact) mass is 721 g/mol. The summed E-state index contributed by atoms with van der Waals surface area (Å²) in [5.74, 6) is -1.67. The van der Waals surface area contributed by atoms with E-state index in [1.165, 1.54) is 23.1 Å². The number of aliphatic hydroxyl groups is 1. The van der Waals surface area contributed by atoms with Gasteiger partial charge in [0.2, 0.25) is 5.91 Å². The topological polar surface area (TPSA) is 188 Å². The molecule has 2 aromatic carbocycles. The number of aliphatic hydroxyl groups excluding tert-OH is 1. The second kappa shape index (κ2) is 16.5. The van der Waals surface area contributed by atoms with Gasteiger partial charge < -0.3 is 39.2 Å². The molecule has 5 amide bonds. The van der Waals surface area contributed by atoms with Gasteiger partial charge in [-0.05, 0) is 89.4 Å². The minimum Gasteiger partial charge on any atom is -0.443 e. The molecule has 2 N–H and O–H groups in total. The van der Waals surface area contributed by atoms with Crippen molar-refractivity contribution in [3.8, 4) is 6.07 Å². The van der Waals surface area contributed by atoms with Gasteiger partial charge in [0.15, 0.2) is 12.2 Å². The zero-order chi connectivity index (χ0) is 38.4. The molecular weight excluding hydrogens is 674 g/mol. The maximum Gasteiger partial charge on any atom is 0.420 e. The first-order valence-corrected chi connectivity index (χ1v) is 17.0. The van der Waals surface area contributed by atoms with Crippen molar-refractivity contribution in [2.45, 2.75) is 90.4 Å². The SMILES string of the molecule is COC1CCN(C(=O)Cc2cccc(N3CCOC(C(O)C(=O)Nc4ccc(C#N)c(CN(C(=O)OC(C)(C)C)C(=O)OC(C)(C)C)c4)C3=O)c2)C1. The minimum absolute atomic E-state index is 0.0134. The van der Waals surface area contributed by atoms with Crippen molar-refractivity contribution < 1.29 is 48.0 Å². The van der Waals surface area contributed by atoms with E-state index in [-0.39, 0.29) is 48.4 Å². The molecule has 3 unspecified atom stereocenters. The van der Waals surface area contributed by atoms with Crippen LogP contribution < -0.4 is 10.2 Å². The lowest BCUT2D eigenvalue weighted by atomic mass is 10.1. The number of hydrogen-bond donors (Lipinski definition) is 2. The van der Waals surface area contributed by atoms with E-state index in [2.05, 4.69) is 5.32 Å². The Balaban J connectivity index is 1.47. The summed E-state index contributed by atoms with van der Waals surface area (Å²) in [6.45, 7) is 10.7. The number of carbonyl (C=O) groups is 5. The number of benzene rings is 2. The number of nitriles is 1. The number of rotatable bonds is 9. The lowest BCUT2D eigenvalue weighted by Crippen LogP contribution is -2.55. The number of likely N-dealkylation sites (tertiary alicyclic amines) is 1. The zero-order valence-corrected chi connectivity index (χ0v) is 30.6. The molecule has 4 rings (SSSR count). The molecule has 2 saturated heterocycles. The summed E-state index contributed by atoms with van der Waals surface area (Å²) < 4.78 is 21.7. The number of nitrogens with zero attached hydrogens (tertiary/aromatic N) is 4. The van der Waals surface area contributed by atoms with E-state index in [1.807, 2.05) is 6.07 Å². The van der Waals surface area contributed by atoms with E-state index >= 15 is 0 Å². The fraction of sp³-hybridized carbons (Fsp3) is 0.514. The van der Waals surface area contributed by atoms with Gasteiger partial charge in [0.25, 0.3) is 11.8 Å². The number of methoxy groups -OCH3 is 1. The predicted molar refractivity (Wildman–Crippen MR) is 188 cm³/mol. The Hall–Kier alpha value is -5.04. The lowest BCUT2D eigenvalue weighted by molar-refractivity contribution is -0.150. The molecule has 0 saturated carbocycles. The van der Waals surface area contributed by atoms with Gasteiger partial charge in [-0.15, -0.1) is 0 Å². The van der Waals surface area contributed by atoms with Crippen LogP contribution in [0.25, 0.3) is 0 Å². The Bertz CT molecular complexity index is 1680. The fourth-order valence-electron chi connectivity index (χ4n) is 5.63. The molecule has 2 aliphatic rings. The van der Waals surface area contributed by atoms with Crippen molar-refractivity contribution in [2.24, 2.45) is 0 Å². The van der Waals surface area contributed by atoms with Gasteiger partial charge in [-0.1, -0.05) is 12.1 Å². The predicted octanol–water partition coefficient (Wildman–Crippen LogP) is 3.75. The summed E-state index contributed by atoms with van der Waals surface area (Å²) in [6, 6.07) is 13.1. The van der Waals surface area contributed by atoms with Crippen molar-refractivity contribution in [1.29, 1.82) is 5.26 Å². The van der Waals surface area contributed by atoms with E-state index in [0.29, 0.717) is 29.2 Å². The first-order valence-electron chi connectivity index (χ1n) is 17.0. The molecule has 15 nitrogen and oxygen atoms in total. The first kappa shape index (κ1) is 39.7. The molecule has 15 heteroatoms. The maximum absolute atomic E-state index is 13.6. The van der Waals surface area contributed by atoms with Gasteiger partial charge >= 0.3 is 12.2 Å². The molecule has 3 atom stereocenters.